The van der Waals surface area contributed by atoms with Crippen LogP contribution in [0.3, 0.4) is 0 Å². The van der Waals surface area contributed by atoms with Gasteiger partial charge in [-0.25, -0.2) is 4.98 Å². The molecule has 0 N–H and O–H groups in total. The van der Waals surface area contributed by atoms with Gasteiger partial charge in [0.25, 0.3) is 0 Å². The van der Waals surface area contributed by atoms with Crippen molar-refractivity contribution >= 4 is 16.7 Å². The molecule has 2 aliphatic heterocycles. The summed E-state index contributed by atoms with van der Waals surface area (Å²) in [7, 11) is 0. The molecule has 1 aromatic rings. The number of rotatable bonds is 3. The molecule has 0 radical (unpaired) electrons. The zero-order valence-electron chi connectivity index (χ0n) is 12.2. The highest BCUT2D eigenvalue weighted by Gasteiger charge is 2.36. The Morgan fingerprint density at radius 2 is 2.21 bits per heavy atom. The first-order valence-electron chi connectivity index (χ1n) is 7.53. The van der Waals surface area contributed by atoms with E-state index >= 15 is 0 Å². The monoisotopic (exact) mass is 280 g/mol. The largest absolute Gasteiger partial charge is 0.341 e. The quantitative estimate of drug-likeness (QED) is 0.852. The van der Waals surface area contributed by atoms with Gasteiger partial charge in [-0.1, -0.05) is 20.8 Å². The van der Waals surface area contributed by atoms with Crippen molar-refractivity contribution in [1.82, 2.24) is 14.3 Å². The van der Waals surface area contributed by atoms with Gasteiger partial charge < -0.3 is 4.90 Å². The van der Waals surface area contributed by atoms with Crippen LogP contribution in [-0.4, -0.2) is 46.0 Å². The van der Waals surface area contributed by atoms with Gasteiger partial charge in [0.2, 0.25) is 5.13 Å². The van der Waals surface area contributed by atoms with Crippen LogP contribution in [0.1, 0.15) is 51.8 Å². The third kappa shape index (κ3) is 2.50. The first-order valence-corrected chi connectivity index (χ1v) is 8.30. The molecule has 106 valence electrons. The minimum atomic E-state index is 0.429. The van der Waals surface area contributed by atoms with Gasteiger partial charge >= 0.3 is 0 Å². The highest BCUT2D eigenvalue weighted by Crippen LogP contribution is 2.31. The Hall–Kier alpha value is -0.680. The predicted molar refractivity (Wildman–Crippen MR) is 80.0 cm³/mol. The van der Waals surface area contributed by atoms with Crippen LogP contribution in [0.25, 0.3) is 0 Å². The molecule has 0 aromatic carbocycles. The Kier molecular flexibility index (Phi) is 3.76. The summed E-state index contributed by atoms with van der Waals surface area (Å²) < 4.78 is 4.52. The van der Waals surface area contributed by atoms with E-state index in [0.29, 0.717) is 12.0 Å². The van der Waals surface area contributed by atoms with Crippen molar-refractivity contribution in [3.05, 3.63) is 5.82 Å². The molecule has 5 heteroatoms. The van der Waals surface area contributed by atoms with E-state index in [0.717, 1.165) is 23.5 Å². The lowest BCUT2D eigenvalue weighted by atomic mass is 10.1. The number of aromatic nitrogens is 2. The number of piperazine rings is 1. The van der Waals surface area contributed by atoms with Crippen molar-refractivity contribution in [2.75, 3.05) is 24.5 Å². The summed E-state index contributed by atoms with van der Waals surface area (Å²) in [5, 5.41) is 1.14. The van der Waals surface area contributed by atoms with E-state index in [1.54, 1.807) is 11.5 Å². The third-order valence-electron chi connectivity index (χ3n) is 4.46. The molecule has 4 nitrogen and oxygen atoms in total. The number of fused-ring (bicyclic) bond motifs is 1. The second-order valence-corrected chi connectivity index (χ2v) is 6.83. The maximum Gasteiger partial charge on any atom is 0.205 e. The minimum Gasteiger partial charge on any atom is -0.341 e. The fourth-order valence-electron chi connectivity index (χ4n) is 3.25. The molecule has 3 rings (SSSR count). The van der Waals surface area contributed by atoms with Crippen molar-refractivity contribution in [3.63, 3.8) is 0 Å². The second kappa shape index (κ2) is 5.37. The fraction of sp³-hybridized carbons (Fsp3) is 0.857. The van der Waals surface area contributed by atoms with Crippen LogP contribution in [0.15, 0.2) is 0 Å². The van der Waals surface area contributed by atoms with Crippen LogP contribution < -0.4 is 4.90 Å². The first-order chi connectivity index (χ1) is 9.19. The maximum atomic E-state index is 4.76. The maximum absolute atomic E-state index is 4.76. The molecule has 3 heterocycles. The molecule has 2 fully saturated rings. The zero-order chi connectivity index (χ0) is 13.4. The van der Waals surface area contributed by atoms with Crippen LogP contribution in [0.4, 0.5) is 5.13 Å². The lowest BCUT2D eigenvalue weighted by Gasteiger charge is -2.43. The molecule has 2 atom stereocenters. The van der Waals surface area contributed by atoms with E-state index in [1.165, 1.54) is 32.4 Å². The lowest BCUT2D eigenvalue weighted by molar-refractivity contribution is 0.194. The van der Waals surface area contributed by atoms with Gasteiger partial charge in [-0.3, -0.25) is 4.90 Å². The molecule has 0 bridgehead atoms. The van der Waals surface area contributed by atoms with E-state index < -0.39 is 0 Å². The average molecular weight is 280 g/mol. The van der Waals surface area contributed by atoms with Crippen LogP contribution in [-0.2, 0) is 0 Å². The van der Waals surface area contributed by atoms with Crippen LogP contribution >= 0.6 is 11.5 Å². The van der Waals surface area contributed by atoms with Crippen molar-refractivity contribution in [2.45, 2.75) is 58.0 Å². The Labute approximate surface area is 120 Å². The summed E-state index contributed by atoms with van der Waals surface area (Å²) in [5.41, 5.74) is 0. The van der Waals surface area contributed by atoms with Gasteiger partial charge in [-0.05, 0) is 25.8 Å². The van der Waals surface area contributed by atoms with Gasteiger partial charge in [0, 0.05) is 42.6 Å². The highest BCUT2D eigenvalue weighted by atomic mass is 32.1. The number of anilines is 1. The molecule has 2 saturated heterocycles. The Morgan fingerprint density at radius 1 is 1.37 bits per heavy atom. The van der Waals surface area contributed by atoms with Crippen molar-refractivity contribution in [2.24, 2.45) is 0 Å². The van der Waals surface area contributed by atoms with Gasteiger partial charge in [0.05, 0.1) is 0 Å². The summed E-state index contributed by atoms with van der Waals surface area (Å²) in [5.74, 6) is 1.43. The van der Waals surface area contributed by atoms with Crippen molar-refractivity contribution < 1.29 is 0 Å². The predicted octanol–water partition coefficient (Wildman–Crippen LogP) is 2.72. The van der Waals surface area contributed by atoms with E-state index in [-0.39, 0.29) is 0 Å². The Balaban J connectivity index is 1.80. The van der Waals surface area contributed by atoms with Crippen LogP contribution in [0.2, 0.25) is 0 Å². The minimum absolute atomic E-state index is 0.429. The fourth-order valence-corrected chi connectivity index (χ4v) is 4.14. The van der Waals surface area contributed by atoms with Crippen LogP contribution in [0.5, 0.6) is 0 Å². The zero-order valence-corrected chi connectivity index (χ0v) is 13.0. The topological polar surface area (TPSA) is 32.3 Å². The molecule has 2 unspecified atom stereocenters. The summed E-state index contributed by atoms with van der Waals surface area (Å²) in [4.78, 5) is 9.96. The molecule has 0 spiro atoms. The molecular weight excluding hydrogens is 256 g/mol. The summed E-state index contributed by atoms with van der Waals surface area (Å²) in [6, 6.07) is 1.36. The molecule has 0 amide bonds. The molecule has 19 heavy (non-hydrogen) atoms. The Morgan fingerprint density at radius 3 is 2.89 bits per heavy atom. The third-order valence-corrected chi connectivity index (χ3v) is 5.22. The second-order valence-electron chi connectivity index (χ2n) is 6.10. The van der Waals surface area contributed by atoms with E-state index in [4.69, 9.17) is 4.98 Å². The molecule has 2 aliphatic rings. The number of hydrogen-bond acceptors (Lipinski definition) is 5. The van der Waals surface area contributed by atoms with Gasteiger partial charge in [0.1, 0.15) is 5.82 Å². The van der Waals surface area contributed by atoms with Crippen LogP contribution in [0, 0.1) is 0 Å². The number of nitrogens with zero attached hydrogens (tertiary/aromatic N) is 4. The van der Waals surface area contributed by atoms with Gasteiger partial charge in [-0.15, -0.1) is 0 Å². The first kappa shape index (κ1) is 13.3. The van der Waals surface area contributed by atoms with E-state index in [2.05, 4.69) is 34.9 Å². The van der Waals surface area contributed by atoms with E-state index in [9.17, 15) is 0 Å². The smallest absolute Gasteiger partial charge is 0.205 e. The molecule has 0 aliphatic carbocycles. The van der Waals surface area contributed by atoms with Gasteiger partial charge in [-0.2, -0.15) is 4.37 Å². The Bertz CT molecular complexity index is 431. The molecule has 0 saturated carbocycles. The van der Waals surface area contributed by atoms with Crippen molar-refractivity contribution in [3.8, 4) is 0 Å². The SMILES string of the molecule is CCC1CN2CCCC2CN1c1nc(C(C)C)ns1. The summed E-state index contributed by atoms with van der Waals surface area (Å²) in [6.07, 6.45) is 3.91. The molecule has 1 aromatic heterocycles. The van der Waals surface area contributed by atoms with Gasteiger partial charge in [0.15, 0.2) is 0 Å². The van der Waals surface area contributed by atoms with Crippen molar-refractivity contribution in [1.29, 1.82) is 0 Å². The number of hydrogen-bond donors (Lipinski definition) is 0. The lowest BCUT2D eigenvalue weighted by Crippen LogP contribution is -2.56. The molecular formula is C14H24N4S. The average Bonchev–Trinajstić information content (AvgIpc) is 3.05. The van der Waals surface area contributed by atoms with E-state index in [1.807, 2.05) is 0 Å². The summed E-state index contributed by atoms with van der Waals surface area (Å²) in [6.45, 7) is 10.3. The summed E-state index contributed by atoms with van der Waals surface area (Å²) >= 11 is 1.58. The standard InChI is InChI=1S/C14H24N4S/c1-4-11-8-17-7-5-6-12(17)9-18(11)14-15-13(10(2)3)16-19-14/h10-12H,4-9H2,1-3H3. The highest BCUT2D eigenvalue weighted by molar-refractivity contribution is 7.09. The normalized spacial score (nSPS) is 28.1.